The van der Waals surface area contributed by atoms with Crippen molar-refractivity contribution in [2.24, 2.45) is 18.7 Å². The second kappa shape index (κ2) is 4.65. The SMILES string of the molecule is Cn1ccc(C(=O)NCC2CCC(N)C2)n1. The minimum absolute atomic E-state index is 0.0962. The summed E-state index contributed by atoms with van der Waals surface area (Å²) in [4.78, 5) is 11.7. The molecule has 1 saturated carbocycles. The Bertz CT molecular complexity index is 374. The normalized spacial score (nSPS) is 24.6. The molecule has 1 aromatic heterocycles. The molecule has 3 N–H and O–H groups in total. The maximum absolute atomic E-state index is 11.7. The largest absolute Gasteiger partial charge is 0.350 e. The highest BCUT2D eigenvalue weighted by Crippen LogP contribution is 2.23. The number of carbonyl (C=O) groups is 1. The van der Waals surface area contributed by atoms with Crippen molar-refractivity contribution < 1.29 is 4.79 Å². The Morgan fingerprint density at radius 2 is 2.50 bits per heavy atom. The number of aromatic nitrogens is 2. The standard InChI is InChI=1S/C11H18N4O/c1-15-5-4-10(14-15)11(16)13-7-8-2-3-9(12)6-8/h4-5,8-9H,2-3,6-7,12H2,1H3,(H,13,16). The van der Waals surface area contributed by atoms with Crippen molar-refractivity contribution >= 4 is 5.91 Å². The second-order valence-electron chi connectivity index (χ2n) is 4.52. The zero-order valence-electron chi connectivity index (χ0n) is 9.52. The first-order valence-corrected chi connectivity index (χ1v) is 5.68. The molecule has 2 unspecified atom stereocenters. The van der Waals surface area contributed by atoms with Crippen molar-refractivity contribution in [3.8, 4) is 0 Å². The minimum Gasteiger partial charge on any atom is -0.350 e. The molecule has 0 aliphatic heterocycles. The maximum atomic E-state index is 11.7. The van der Waals surface area contributed by atoms with Gasteiger partial charge in [0, 0.05) is 25.8 Å². The number of hydrogen-bond donors (Lipinski definition) is 2. The van der Waals surface area contributed by atoms with Crippen molar-refractivity contribution in [1.29, 1.82) is 0 Å². The van der Waals surface area contributed by atoms with Crippen molar-refractivity contribution in [3.63, 3.8) is 0 Å². The molecule has 16 heavy (non-hydrogen) atoms. The molecule has 1 amide bonds. The summed E-state index contributed by atoms with van der Waals surface area (Å²) in [5, 5.41) is 6.96. The monoisotopic (exact) mass is 222 g/mol. The Morgan fingerprint density at radius 3 is 3.06 bits per heavy atom. The molecular weight excluding hydrogens is 204 g/mol. The molecule has 2 atom stereocenters. The summed E-state index contributed by atoms with van der Waals surface area (Å²) in [6.07, 6.45) is 4.97. The number of nitrogens with one attached hydrogen (secondary N) is 1. The van der Waals surface area contributed by atoms with Crippen molar-refractivity contribution in [1.82, 2.24) is 15.1 Å². The van der Waals surface area contributed by atoms with Gasteiger partial charge in [0.05, 0.1) is 0 Å². The smallest absolute Gasteiger partial charge is 0.271 e. The molecule has 0 bridgehead atoms. The van der Waals surface area contributed by atoms with Crippen LogP contribution in [0.1, 0.15) is 29.8 Å². The first-order valence-electron chi connectivity index (χ1n) is 5.68. The summed E-state index contributed by atoms with van der Waals surface area (Å²) in [7, 11) is 1.80. The van der Waals surface area contributed by atoms with Gasteiger partial charge in [0.2, 0.25) is 0 Å². The van der Waals surface area contributed by atoms with Gasteiger partial charge in [-0.15, -0.1) is 0 Å². The van der Waals surface area contributed by atoms with E-state index in [4.69, 9.17) is 5.73 Å². The minimum atomic E-state index is -0.0962. The number of aryl methyl sites for hydroxylation is 1. The van der Waals surface area contributed by atoms with E-state index in [9.17, 15) is 4.79 Å². The van der Waals surface area contributed by atoms with Gasteiger partial charge in [-0.1, -0.05) is 0 Å². The lowest BCUT2D eigenvalue weighted by atomic mass is 10.1. The average molecular weight is 222 g/mol. The van der Waals surface area contributed by atoms with E-state index < -0.39 is 0 Å². The van der Waals surface area contributed by atoms with Crippen LogP contribution in [-0.2, 0) is 7.05 Å². The lowest BCUT2D eigenvalue weighted by molar-refractivity contribution is 0.0941. The third-order valence-electron chi connectivity index (χ3n) is 3.08. The molecule has 5 heteroatoms. The molecule has 0 saturated heterocycles. The van der Waals surface area contributed by atoms with Crippen LogP contribution in [-0.4, -0.2) is 28.3 Å². The second-order valence-corrected chi connectivity index (χ2v) is 4.52. The van der Waals surface area contributed by atoms with Crippen molar-refractivity contribution in [3.05, 3.63) is 18.0 Å². The fraction of sp³-hybridized carbons (Fsp3) is 0.636. The first kappa shape index (κ1) is 11.1. The van der Waals surface area contributed by atoms with E-state index >= 15 is 0 Å². The van der Waals surface area contributed by atoms with E-state index in [0.717, 1.165) is 19.3 Å². The van der Waals surface area contributed by atoms with Crippen LogP contribution in [0.3, 0.4) is 0 Å². The molecule has 1 heterocycles. The van der Waals surface area contributed by atoms with Crippen LogP contribution < -0.4 is 11.1 Å². The first-order chi connectivity index (χ1) is 7.65. The van der Waals surface area contributed by atoms with Gasteiger partial charge in [0.25, 0.3) is 5.91 Å². The van der Waals surface area contributed by atoms with E-state index in [-0.39, 0.29) is 5.91 Å². The predicted octanol–water partition coefficient (Wildman–Crippen LogP) is 0.277. The summed E-state index contributed by atoms with van der Waals surface area (Å²) >= 11 is 0. The van der Waals surface area contributed by atoms with Crippen LogP contribution in [0.25, 0.3) is 0 Å². The van der Waals surface area contributed by atoms with E-state index in [0.29, 0.717) is 24.2 Å². The van der Waals surface area contributed by atoms with Gasteiger partial charge < -0.3 is 11.1 Å². The molecule has 1 fully saturated rings. The highest BCUT2D eigenvalue weighted by molar-refractivity contribution is 5.92. The summed E-state index contributed by atoms with van der Waals surface area (Å²) in [5.41, 5.74) is 6.29. The van der Waals surface area contributed by atoms with Crippen LogP contribution in [0.15, 0.2) is 12.3 Å². The third-order valence-corrected chi connectivity index (χ3v) is 3.08. The number of nitrogens with two attached hydrogens (primary N) is 1. The van der Waals surface area contributed by atoms with E-state index in [1.807, 2.05) is 0 Å². The molecule has 1 aliphatic carbocycles. The number of carbonyl (C=O) groups excluding carboxylic acids is 1. The average Bonchev–Trinajstić information content (AvgIpc) is 2.84. The van der Waals surface area contributed by atoms with Crippen LogP contribution >= 0.6 is 0 Å². The zero-order valence-corrected chi connectivity index (χ0v) is 9.52. The molecule has 5 nitrogen and oxygen atoms in total. The zero-order chi connectivity index (χ0) is 11.5. The van der Waals surface area contributed by atoms with E-state index in [2.05, 4.69) is 10.4 Å². The third kappa shape index (κ3) is 2.61. The summed E-state index contributed by atoms with van der Waals surface area (Å²) in [6.45, 7) is 0.711. The highest BCUT2D eigenvalue weighted by atomic mass is 16.1. The Morgan fingerprint density at radius 1 is 1.69 bits per heavy atom. The van der Waals surface area contributed by atoms with Gasteiger partial charge >= 0.3 is 0 Å². The van der Waals surface area contributed by atoms with Crippen LogP contribution in [0.4, 0.5) is 0 Å². The van der Waals surface area contributed by atoms with Gasteiger partial charge in [-0.2, -0.15) is 5.10 Å². The fourth-order valence-corrected chi connectivity index (χ4v) is 2.16. The van der Waals surface area contributed by atoms with Gasteiger partial charge in [0.15, 0.2) is 0 Å². The Kier molecular flexibility index (Phi) is 3.24. The molecule has 0 spiro atoms. The maximum Gasteiger partial charge on any atom is 0.271 e. The molecule has 2 rings (SSSR count). The number of rotatable bonds is 3. The van der Waals surface area contributed by atoms with Crippen LogP contribution in [0.2, 0.25) is 0 Å². The molecule has 88 valence electrons. The Labute approximate surface area is 95.0 Å². The summed E-state index contributed by atoms with van der Waals surface area (Å²) in [5.74, 6) is 0.434. The summed E-state index contributed by atoms with van der Waals surface area (Å²) < 4.78 is 1.63. The van der Waals surface area contributed by atoms with E-state index in [1.54, 1.807) is 24.0 Å². The van der Waals surface area contributed by atoms with Gasteiger partial charge in [-0.05, 0) is 31.2 Å². The Hall–Kier alpha value is -1.36. The number of amides is 1. The summed E-state index contributed by atoms with van der Waals surface area (Å²) in [6, 6.07) is 2.03. The lowest BCUT2D eigenvalue weighted by Crippen LogP contribution is -2.29. The van der Waals surface area contributed by atoms with Crippen molar-refractivity contribution in [2.45, 2.75) is 25.3 Å². The number of hydrogen-bond acceptors (Lipinski definition) is 3. The molecule has 0 radical (unpaired) electrons. The predicted molar refractivity (Wildman–Crippen MR) is 60.9 cm³/mol. The molecule has 1 aromatic rings. The highest BCUT2D eigenvalue weighted by Gasteiger charge is 2.22. The van der Waals surface area contributed by atoms with Crippen LogP contribution in [0, 0.1) is 5.92 Å². The van der Waals surface area contributed by atoms with E-state index in [1.165, 1.54) is 0 Å². The van der Waals surface area contributed by atoms with Gasteiger partial charge in [-0.25, -0.2) is 0 Å². The molecule has 0 aromatic carbocycles. The molecular formula is C11H18N4O. The lowest BCUT2D eigenvalue weighted by Gasteiger charge is -2.09. The van der Waals surface area contributed by atoms with Crippen molar-refractivity contribution in [2.75, 3.05) is 6.54 Å². The fourth-order valence-electron chi connectivity index (χ4n) is 2.16. The number of nitrogens with zero attached hydrogens (tertiary/aromatic N) is 2. The van der Waals surface area contributed by atoms with Gasteiger partial charge in [-0.3, -0.25) is 9.48 Å². The van der Waals surface area contributed by atoms with Gasteiger partial charge in [0.1, 0.15) is 5.69 Å². The van der Waals surface area contributed by atoms with Crippen LogP contribution in [0.5, 0.6) is 0 Å². The Balaban J connectivity index is 1.80. The molecule has 1 aliphatic rings. The quantitative estimate of drug-likeness (QED) is 0.771. The topological polar surface area (TPSA) is 72.9 Å².